The number of rotatable bonds is 5. The van der Waals surface area contributed by atoms with E-state index in [2.05, 4.69) is 10.1 Å². The minimum absolute atomic E-state index is 0.0165. The summed E-state index contributed by atoms with van der Waals surface area (Å²) in [5, 5.41) is 14.8. The normalized spacial score (nSPS) is 10.5. The maximum atomic E-state index is 11.1. The fraction of sp³-hybridized carbons (Fsp3) is 0.0714. The number of carboxylic acids is 1. The third kappa shape index (κ3) is 2.92. The van der Waals surface area contributed by atoms with Gasteiger partial charge in [0, 0.05) is 0 Å². The highest BCUT2D eigenvalue weighted by atomic mass is 32.1. The monoisotopic (exact) mass is 302 g/mol. The van der Waals surface area contributed by atoms with E-state index in [9.17, 15) is 4.79 Å². The van der Waals surface area contributed by atoms with Gasteiger partial charge in [0.1, 0.15) is 11.3 Å². The summed E-state index contributed by atoms with van der Waals surface area (Å²) in [7, 11) is 0. The molecule has 0 aliphatic carbocycles. The summed E-state index contributed by atoms with van der Waals surface area (Å²) in [4.78, 5) is 16.2. The molecular formula is C14H10N2O4S. The molecule has 0 saturated carbocycles. The van der Waals surface area contributed by atoms with Gasteiger partial charge in [-0.2, -0.15) is 4.98 Å². The number of nitrogens with zero attached hydrogens (tertiary/aromatic N) is 2. The molecular weight excluding hydrogens is 292 g/mol. The topological polar surface area (TPSA) is 85.5 Å². The minimum Gasteiger partial charge on any atom is -0.483 e. The molecule has 3 rings (SSSR count). The highest BCUT2D eigenvalue weighted by Gasteiger charge is 2.13. The molecule has 0 spiro atoms. The van der Waals surface area contributed by atoms with Crippen LogP contribution >= 0.6 is 11.3 Å². The lowest BCUT2D eigenvalue weighted by Crippen LogP contribution is -2.03. The first kappa shape index (κ1) is 13.3. The van der Waals surface area contributed by atoms with Crippen molar-refractivity contribution in [1.29, 1.82) is 0 Å². The van der Waals surface area contributed by atoms with E-state index in [1.54, 1.807) is 18.2 Å². The number of hydrogen-bond acceptors (Lipinski definition) is 6. The number of carboxylic acid groups (broad SMARTS) is 1. The van der Waals surface area contributed by atoms with E-state index in [1.807, 2.05) is 17.5 Å². The van der Waals surface area contributed by atoms with Crippen LogP contribution in [0.5, 0.6) is 5.75 Å². The lowest BCUT2D eigenvalue weighted by molar-refractivity contribution is 0.0691. The predicted octanol–water partition coefficient (Wildman–Crippen LogP) is 3.08. The molecule has 0 fully saturated rings. The Morgan fingerprint density at radius 3 is 2.90 bits per heavy atom. The average molecular weight is 302 g/mol. The second-order valence-electron chi connectivity index (χ2n) is 4.08. The molecule has 106 valence electrons. The van der Waals surface area contributed by atoms with Crippen LogP contribution in [0, 0.1) is 0 Å². The predicted molar refractivity (Wildman–Crippen MR) is 75.3 cm³/mol. The molecule has 0 unspecified atom stereocenters. The number of para-hydroxylation sites is 1. The molecule has 0 bridgehead atoms. The molecule has 6 nitrogen and oxygen atoms in total. The van der Waals surface area contributed by atoms with Crippen molar-refractivity contribution in [2.24, 2.45) is 0 Å². The standard InChI is InChI=1S/C14H10N2O4S/c17-14(18)9-4-1-2-5-10(9)19-8-12-15-13(16-20-12)11-6-3-7-21-11/h1-7H,8H2,(H,17,18). The molecule has 3 aromatic rings. The lowest BCUT2D eigenvalue weighted by atomic mass is 10.2. The van der Waals surface area contributed by atoms with Crippen molar-refractivity contribution < 1.29 is 19.2 Å². The lowest BCUT2D eigenvalue weighted by Gasteiger charge is -2.05. The van der Waals surface area contributed by atoms with Crippen molar-refractivity contribution >= 4 is 17.3 Å². The molecule has 0 radical (unpaired) electrons. The van der Waals surface area contributed by atoms with Crippen molar-refractivity contribution in [3.63, 3.8) is 0 Å². The summed E-state index contributed by atoms with van der Waals surface area (Å²) in [5.74, 6) is 0.00462. The summed E-state index contributed by atoms with van der Waals surface area (Å²) in [6.45, 7) is 0.0165. The summed E-state index contributed by atoms with van der Waals surface area (Å²) in [5.41, 5.74) is 0.0931. The number of ether oxygens (including phenoxy) is 1. The Kier molecular flexibility index (Phi) is 3.65. The Labute approximate surface area is 123 Å². The van der Waals surface area contributed by atoms with Crippen LogP contribution in [0.25, 0.3) is 10.7 Å². The van der Waals surface area contributed by atoms with Crippen molar-refractivity contribution in [1.82, 2.24) is 10.1 Å². The SMILES string of the molecule is O=C(O)c1ccccc1OCc1nc(-c2cccs2)no1. The number of carbonyl (C=O) groups is 1. The maximum Gasteiger partial charge on any atom is 0.339 e. The maximum absolute atomic E-state index is 11.1. The van der Waals surface area contributed by atoms with Crippen LogP contribution in [0.3, 0.4) is 0 Å². The smallest absolute Gasteiger partial charge is 0.339 e. The van der Waals surface area contributed by atoms with Gasteiger partial charge < -0.3 is 14.4 Å². The van der Waals surface area contributed by atoms with Gasteiger partial charge in [-0.15, -0.1) is 11.3 Å². The zero-order chi connectivity index (χ0) is 14.7. The van der Waals surface area contributed by atoms with E-state index in [4.69, 9.17) is 14.4 Å². The van der Waals surface area contributed by atoms with Crippen molar-refractivity contribution in [2.75, 3.05) is 0 Å². The molecule has 21 heavy (non-hydrogen) atoms. The first-order chi connectivity index (χ1) is 10.2. The molecule has 1 N–H and O–H groups in total. The van der Waals surface area contributed by atoms with Gasteiger partial charge in [0.05, 0.1) is 4.88 Å². The van der Waals surface area contributed by atoms with Gasteiger partial charge in [-0.1, -0.05) is 23.4 Å². The fourth-order valence-electron chi connectivity index (χ4n) is 1.73. The van der Waals surface area contributed by atoms with Crippen LogP contribution in [0.15, 0.2) is 46.3 Å². The Morgan fingerprint density at radius 1 is 1.29 bits per heavy atom. The Balaban J connectivity index is 1.73. The van der Waals surface area contributed by atoms with Gasteiger partial charge >= 0.3 is 5.97 Å². The van der Waals surface area contributed by atoms with Crippen molar-refractivity contribution in [3.8, 4) is 16.5 Å². The van der Waals surface area contributed by atoms with Gasteiger partial charge in [0.25, 0.3) is 5.89 Å². The second kappa shape index (κ2) is 5.76. The van der Waals surface area contributed by atoms with E-state index in [0.717, 1.165) is 4.88 Å². The molecule has 0 aliphatic heterocycles. The quantitative estimate of drug-likeness (QED) is 0.779. The van der Waals surface area contributed by atoms with Crippen LogP contribution in [-0.4, -0.2) is 21.2 Å². The van der Waals surface area contributed by atoms with Gasteiger partial charge in [-0.25, -0.2) is 4.79 Å². The summed E-state index contributed by atoms with van der Waals surface area (Å²) in [6, 6.07) is 10.2. The molecule has 1 aromatic carbocycles. The Hall–Kier alpha value is -2.67. The zero-order valence-corrected chi connectivity index (χ0v) is 11.5. The fourth-order valence-corrected chi connectivity index (χ4v) is 2.38. The van der Waals surface area contributed by atoms with E-state index >= 15 is 0 Å². The van der Waals surface area contributed by atoms with Crippen LogP contribution in [0.1, 0.15) is 16.2 Å². The average Bonchev–Trinajstić information content (AvgIpc) is 3.16. The Bertz CT molecular complexity index is 752. The molecule has 2 aromatic heterocycles. The largest absolute Gasteiger partial charge is 0.483 e. The molecule has 0 saturated heterocycles. The van der Waals surface area contributed by atoms with Gasteiger partial charge in [-0.05, 0) is 23.6 Å². The second-order valence-corrected chi connectivity index (χ2v) is 5.03. The zero-order valence-electron chi connectivity index (χ0n) is 10.7. The van der Waals surface area contributed by atoms with E-state index < -0.39 is 5.97 Å². The van der Waals surface area contributed by atoms with E-state index in [1.165, 1.54) is 17.4 Å². The summed E-state index contributed by atoms with van der Waals surface area (Å²) < 4.78 is 10.5. The summed E-state index contributed by atoms with van der Waals surface area (Å²) in [6.07, 6.45) is 0. The van der Waals surface area contributed by atoms with Crippen molar-refractivity contribution in [3.05, 3.63) is 53.2 Å². The third-order valence-corrected chi connectivity index (χ3v) is 3.54. The number of hydrogen-bond donors (Lipinski definition) is 1. The molecule has 2 heterocycles. The van der Waals surface area contributed by atoms with Gasteiger partial charge in [0.15, 0.2) is 6.61 Å². The van der Waals surface area contributed by atoms with Crippen LogP contribution < -0.4 is 4.74 Å². The number of aromatic nitrogens is 2. The van der Waals surface area contributed by atoms with Crippen molar-refractivity contribution in [2.45, 2.75) is 6.61 Å². The molecule has 7 heteroatoms. The van der Waals surface area contributed by atoms with Gasteiger partial charge in [-0.3, -0.25) is 0 Å². The first-order valence-corrected chi connectivity index (χ1v) is 6.93. The van der Waals surface area contributed by atoms with Crippen LogP contribution in [0.2, 0.25) is 0 Å². The van der Waals surface area contributed by atoms with E-state index in [-0.39, 0.29) is 17.9 Å². The molecule has 0 aliphatic rings. The van der Waals surface area contributed by atoms with Gasteiger partial charge in [0.2, 0.25) is 5.82 Å². The number of thiophene rings is 1. The highest BCUT2D eigenvalue weighted by Crippen LogP contribution is 2.22. The first-order valence-electron chi connectivity index (χ1n) is 6.05. The van der Waals surface area contributed by atoms with Crippen LogP contribution in [-0.2, 0) is 6.61 Å². The summed E-state index contributed by atoms with van der Waals surface area (Å²) >= 11 is 1.51. The Morgan fingerprint density at radius 2 is 2.14 bits per heavy atom. The minimum atomic E-state index is -1.05. The highest BCUT2D eigenvalue weighted by molar-refractivity contribution is 7.13. The number of aromatic carboxylic acids is 1. The third-order valence-electron chi connectivity index (χ3n) is 2.68. The van der Waals surface area contributed by atoms with Crippen LogP contribution in [0.4, 0.5) is 0 Å². The number of benzene rings is 1. The molecule has 0 atom stereocenters. The van der Waals surface area contributed by atoms with E-state index in [0.29, 0.717) is 11.7 Å². The molecule has 0 amide bonds.